The van der Waals surface area contributed by atoms with Crippen LogP contribution in [0.1, 0.15) is 6.92 Å². The molecule has 2 aromatic rings. The molecule has 0 atom stereocenters. The molecule has 0 fully saturated rings. The predicted molar refractivity (Wildman–Crippen MR) is 49.3 cm³/mol. The van der Waals surface area contributed by atoms with Crippen LogP contribution >= 0.6 is 0 Å². The monoisotopic (exact) mass is 209 g/mol. The fourth-order valence-electron chi connectivity index (χ4n) is 1.20. The van der Waals surface area contributed by atoms with Crippen molar-refractivity contribution in [2.45, 2.75) is 13.7 Å². The van der Waals surface area contributed by atoms with Crippen LogP contribution in [-0.4, -0.2) is 20.5 Å². The lowest BCUT2D eigenvalue weighted by Gasteiger charge is -2.03. The number of rotatable bonds is 2. The molecule has 0 saturated heterocycles. The number of hydrogen-bond acceptors (Lipinski definition) is 4. The molecule has 0 aliphatic carbocycles. The first-order chi connectivity index (χ1) is 7.16. The van der Waals surface area contributed by atoms with Crippen LogP contribution in [-0.2, 0) is 16.3 Å². The summed E-state index contributed by atoms with van der Waals surface area (Å²) >= 11 is 0. The minimum absolute atomic E-state index is 0.0547. The lowest BCUT2D eigenvalue weighted by Crippen LogP contribution is -2.05. The van der Waals surface area contributed by atoms with Crippen LogP contribution in [0, 0.1) is 5.95 Å². The van der Waals surface area contributed by atoms with Crippen molar-refractivity contribution in [3.63, 3.8) is 0 Å². The molecule has 0 radical (unpaired) electrons. The van der Waals surface area contributed by atoms with Crippen molar-refractivity contribution in [3.05, 3.63) is 24.4 Å². The van der Waals surface area contributed by atoms with Crippen LogP contribution in [0.25, 0.3) is 11.2 Å². The summed E-state index contributed by atoms with van der Waals surface area (Å²) in [6.07, 6.45) is 2.65. The first-order valence-electron chi connectivity index (χ1n) is 4.27. The molecule has 15 heavy (non-hydrogen) atoms. The first kappa shape index (κ1) is 9.57. The third kappa shape index (κ3) is 1.93. The number of halogens is 1. The summed E-state index contributed by atoms with van der Waals surface area (Å²) < 4.78 is 19.1. The third-order valence-corrected chi connectivity index (χ3v) is 1.84. The van der Waals surface area contributed by atoms with Crippen molar-refractivity contribution >= 4 is 17.1 Å². The molecule has 2 aromatic heterocycles. The fourth-order valence-corrected chi connectivity index (χ4v) is 1.20. The molecule has 78 valence electrons. The Bertz CT molecular complexity index is 509. The molecule has 6 heteroatoms. The van der Waals surface area contributed by atoms with Gasteiger partial charge in [-0.2, -0.15) is 4.39 Å². The van der Waals surface area contributed by atoms with Gasteiger partial charge in [-0.3, -0.25) is 9.36 Å². The number of carbonyl (C=O) groups excluding carboxylic acids is 1. The molecule has 2 rings (SSSR count). The maximum Gasteiger partial charge on any atom is 0.304 e. The van der Waals surface area contributed by atoms with Gasteiger partial charge in [0, 0.05) is 13.1 Å². The minimum atomic E-state index is -0.632. The maximum absolute atomic E-state index is 12.7. The van der Waals surface area contributed by atoms with E-state index in [4.69, 9.17) is 4.74 Å². The Hall–Kier alpha value is -1.98. The molecule has 0 saturated carbocycles. The molecule has 0 unspecified atom stereocenters. The number of fused-ring (bicyclic) bond motifs is 1. The molecule has 0 aliphatic rings. The highest BCUT2D eigenvalue weighted by Gasteiger charge is 2.05. The SMILES string of the molecule is CC(=O)OCn1ccc2nc(F)cnc21. The highest BCUT2D eigenvalue weighted by atomic mass is 19.1. The summed E-state index contributed by atoms with van der Waals surface area (Å²) in [6, 6.07) is 1.61. The molecule has 0 aromatic carbocycles. The van der Waals surface area contributed by atoms with Crippen LogP contribution in [0.15, 0.2) is 18.5 Å². The summed E-state index contributed by atoms with van der Waals surface area (Å²) in [5, 5.41) is 0. The molecule has 0 amide bonds. The minimum Gasteiger partial charge on any atom is -0.444 e. The Kier molecular flexibility index (Phi) is 2.32. The standard InChI is InChI=1S/C9H8FN3O2/c1-6(14)15-5-13-3-2-7-9(13)11-4-8(10)12-7/h2-4H,5H2,1H3. The van der Waals surface area contributed by atoms with Gasteiger partial charge in [0.2, 0.25) is 5.95 Å². The van der Waals surface area contributed by atoms with Gasteiger partial charge in [-0.15, -0.1) is 0 Å². The lowest BCUT2D eigenvalue weighted by atomic mass is 10.5. The summed E-state index contributed by atoms with van der Waals surface area (Å²) in [6.45, 7) is 1.37. The van der Waals surface area contributed by atoms with Gasteiger partial charge >= 0.3 is 5.97 Å². The second kappa shape index (κ2) is 3.64. The second-order valence-electron chi connectivity index (χ2n) is 2.95. The highest BCUT2D eigenvalue weighted by molar-refractivity contribution is 5.71. The van der Waals surface area contributed by atoms with E-state index in [1.807, 2.05) is 0 Å². The quantitative estimate of drug-likeness (QED) is 0.695. The largest absolute Gasteiger partial charge is 0.444 e. The summed E-state index contributed by atoms with van der Waals surface area (Å²) in [4.78, 5) is 18.1. The second-order valence-corrected chi connectivity index (χ2v) is 2.95. The van der Waals surface area contributed by atoms with Crippen molar-refractivity contribution < 1.29 is 13.9 Å². The highest BCUT2D eigenvalue weighted by Crippen LogP contribution is 2.10. The Labute approximate surface area is 84.5 Å². The van der Waals surface area contributed by atoms with Crippen molar-refractivity contribution in [2.24, 2.45) is 0 Å². The average Bonchev–Trinajstić information content (AvgIpc) is 2.57. The molecule has 0 bridgehead atoms. The number of carbonyl (C=O) groups is 1. The number of hydrogen-bond donors (Lipinski definition) is 0. The van der Waals surface area contributed by atoms with E-state index in [0.717, 1.165) is 6.20 Å². The van der Waals surface area contributed by atoms with Crippen LogP contribution in [0.5, 0.6) is 0 Å². The Balaban J connectivity index is 2.32. The van der Waals surface area contributed by atoms with E-state index in [-0.39, 0.29) is 12.7 Å². The van der Waals surface area contributed by atoms with Gasteiger partial charge in [0.1, 0.15) is 5.52 Å². The zero-order valence-electron chi connectivity index (χ0n) is 7.98. The van der Waals surface area contributed by atoms with Crippen molar-refractivity contribution in [3.8, 4) is 0 Å². The van der Waals surface area contributed by atoms with Gasteiger partial charge in [-0.05, 0) is 6.07 Å². The molecule has 2 heterocycles. The number of nitrogens with zero attached hydrogens (tertiary/aromatic N) is 3. The molecular formula is C9H8FN3O2. The Morgan fingerprint density at radius 1 is 1.67 bits per heavy atom. The number of esters is 1. The topological polar surface area (TPSA) is 57.0 Å². The van der Waals surface area contributed by atoms with E-state index in [1.54, 1.807) is 16.8 Å². The predicted octanol–water partition coefficient (Wildman–Crippen LogP) is 1.09. The Morgan fingerprint density at radius 2 is 2.47 bits per heavy atom. The fraction of sp³-hybridized carbons (Fsp3) is 0.222. The van der Waals surface area contributed by atoms with E-state index < -0.39 is 5.95 Å². The van der Waals surface area contributed by atoms with Gasteiger partial charge in [0.05, 0.1) is 6.20 Å². The van der Waals surface area contributed by atoms with E-state index in [9.17, 15) is 9.18 Å². The molecule has 0 aliphatic heterocycles. The van der Waals surface area contributed by atoms with Crippen LogP contribution < -0.4 is 0 Å². The van der Waals surface area contributed by atoms with E-state index in [0.29, 0.717) is 11.2 Å². The first-order valence-corrected chi connectivity index (χ1v) is 4.27. The number of aromatic nitrogens is 3. The van der Waals surface area contributed by atoms with Gasteiger partial charge < -0.3 is 4.74 Å². The van der Waals surface area contributed by atoms with Crippen LogP contribution in [0.2, 0.25) is 0 Å². The van der Waals surface area contributed by atoms with E-state index >= 15 is 0 Å². The zero-order chi connectivity index (χ0) is 10.8. The Morgan fingerprint density at radius 3 is 3.20 bits per heavy atom. The number of ether oxygens (including phenoxy) is 1. The maximum atomic E-state index is 12.7. The van der Waals surface area contributed by atoms with Crippen molar-refractivity contribution in [2.75, 3.05) is 0 Å². The summed E-state index contributed by atoms with van der Waals surface area (Å²) in [7, 11) is 0. The van der Waals surface area contributed by atoms with Crippen molar-refractivity contribution in [1.82, 2.24) is 14.5 Å². The smallest absolute Gasteiger partial charge is 0.304 e. The summed E-state index contributed by atoms with van der Waals surface area (Å²) in [5.74, 6) is -1.01. The molecule has 0 N–H and O–H groups in total. The molecular weight excluding hydrogens is 201 g/mol. The van der Waals surface area contributed by atoms with Gasteiger partial charge in [-0.25, -0.2) is 9.97 Å². The van der Waals surface area contributed by atoms with Crippen molar-refractivity contribution in [1.29, 1.82) is 0 Å². The van der Waals surface area contributed by atoms with E-state index in [2.05, 4.69) is 9.97 Å². The average molecular weight is 209 g/mol. The van der Waals surface area contributed by atoms with Gasteiger partial charge in [0.15, 0.2) is 12.4 Å². The van der Waals surface area contributed by atoms with Crippen LogP contribution in [0.3, 0.4) is 0 Å². The lowest BCUT2D eigenvalue weighted by molar-refractivity contribution is -0.144. The third-order valence-electron chi connectivity index (χ3n) is 1.84. The van der Waals surface area contributed by atoms with E-state index in [1.165, 1.54) is 6.92 Å². The molecule has 5 nitrogen and oxygen atoms in total. The summed E-state index contributed by atoms with van der Waals surface area (Å²) in [5.41, 5.74) is 0.916. The van der Waals surface area contributed by atoms with Crippen LogP contribution in [0.4, 0.5) is 4.39 Å². The zero-order valence-corrected chi connectivity index (χ0v) is 7.98. The van der Waals surface area contributed by atoms with Gasteiger partial charge in [-0.1, -0.05) is 0 Å². The van der Waals surface area contributed by atoms with Gasteiger partial charge in [0.25, 0.3) is 0 Å². The normalized spacial score (nSPS) is 10.5. The molecule has 0 spiro atoms.